The molecule has 0 aliphatic rings. The maximum absolute atomic E-state index is 12.3. The summed E-state index contributed by atoms with van der Waals surface area (Å²) in [5.41, 5.74) is 4.44. The lowest BCUT2D eigenvalue weighted by Gasteiger charge is -2.11. The number of aryl methyl sites for hydroxylation is 3. The first-order valence-corrected chi connectivity index (χ1v) is 9.30. The predicted molar refractivity (Wildman–Crippen MR) is 97.6 cm³/mol. The van der Waals surface area contributed by atoms with Crippen LogP contribution in [0.5, 0.6) is 0 Å². The first kappa shape index (κ1) is 18.8. The Hall–Kier alpha value is -1.56. The molecule has 0 saturated heterocycles. The van der Waals surface area contributed by atoms with Crippen LogP contribution in [0.15, 0.2) is 40.4 Å². The zero-order valence-corrected chi connectivity index (χ0v) is 16.1. The van der Waals surface area contributed by atoms with Gasteiger partial charge in [-0.2, -0.15) is 8.42 Å². The van der Waals surface area contributed by atoms with Crippen molar-refractivity contribution in [1.29, 1.82) is 0 Å². The van der Waals surface area contributed by atoms with E-state index in [1.165, 1.54) is 18.2 Å². The fraction of sp³-hybridized carbons (Fsp3) is 0.235. The molecule has 0 spiro atoms. The van der Waals surface area contributed by atoms with Crippen molar-refractivity contribution in [2.75, 3.05) is 0 Å². The molecule has 24 heavy (non-hydrogen) atoms. The molecule has 0 N–H and O–H groups in total. The van der Waals surface area contributed by atoms with Gasteiger partial charge in [0.1, 0.15) is 4.90 Å². The van der Waals surface area contributed by atoms with Crippen molar-refractivity contribution in [3.8, 4) is 0 Å². The fourth-order valence-electron chi connectivity index (χ4n) is 2.61. The minimum Gasteiger partial charge on any atom is -0.264 e. The molecule has 0 radical (unpaired) electrons. The first-order valence-electron chi connectivity index (χ1n) is 7.13. The van der Waals surface area contributed by atoms with E-state index in [0.717, 1.165) is 22.3 Å². The highest BCUT2D eigenvalue weighted by Gasteiger charge is 2.21. The average molecular weight is 386 g/mol. The normalized spacial score (nSPS) is 12.3. The van der Waals surface area contributed by atoms with Gasteiger partial charge in [-0.15, -0.1) is 0 Å². The summed E-state index contributed by atoms with van der Waals surface area (Å²) in [7, 11) is -4.15. The molecule has 2 aromatic rings. The van der Waals surface area contributed by atoms with Gasteiger partial charge in [0, 0.05) is 10.6 Å². The molecule has 0 aliphatic carbocycles. The molecule has 4 nitrogen and oxygen atoms in total. The van der Waals surface area contributed by atoms with Crippen LogP contribution in [0.4, 0.5) is 0 Å². The second-order valence-electron chi connectivity index (χ2n) is 5.55. The molecule has 0 aromatic heterocycles. The second-order valence-corrected chi connectivity index (χ2v) is 7.89. The van der Waals surface area contributed by atoms with Crippen molar-refractivity contribution in [1.82, 2.24) is 0 Å². The van der Waals surface area contributed by atoms with Crippen LogP contribution in [0, 0.1) is 20.8 Å². The highest BCUT2D eigenvalue weighted by molar-refractivity contribution is 7.86. The molecule has 0 saturated carbocycles. The van der Waals surface area contributed by atoms with Gasteiger partial charge >= 0.3 is 10.1 Å². The highest BCUT2D eigenvalue weighted by atomic mass is 35.5. The maximum Gasteiger partial charge on any atom is 0.360 e. The van der Waals surface area contributed by atoms with Crippen LogP contribution in [0.25, 0.3) is 0 Å². The molecule has 0 unspecified atom stereocenters. The zero-order valence-electron chi connectivity index (χ0n) is 13.7. The summed E-state index contributed by atoms with van der Waals surface area (Å²) < 4.78 is 29.4. The van der Waals surface area contributed by atoms with Gasteiger partial charge < -0.3 is 0 Å². The van der Waals surface area contributed by atoms with Gasteiger partial charge in [-0.3, -0.25) is 4.28 Å². The van der Waals surface area contributed by atoms with Crippen LogP contribution in [-0.4, -0.2) is 14.1 Å². The highest BCUT2D eigenvalue weighted by Crippen LogP contribution is 2.27. The van der Waals surface area contributed by atoms with Crippen LogP contribution >= 0.6 is 23.2 Å². The Morgan fingerprint density at radius 2 is 1.62 bits per heavy atom. The number of benzene rings is 2. The Bertz CT molecular complexity index is 898. The van der Waals surface area contributed by atoms with Gasteiger partial charge in [0.15, 0.2) is 0 Å². The van der Waals surface area contributed by atoms with E-state index in [9.17, 15) is 8.42 Å². The topological polar surface area (TPSA) is 55.7 Å². The SMILES string of the molecule is C/C(=N\OS(=O)(=O)c1cc(Cl)ccc1Cl)c1c(C)cc(C)cc1C. The quantitative estimate of drug-likeness (QED) is 0.546. The van der Waals surface area contributed by atoms with Crippen molar-refractivity contribution in [3.63, 3.8) is 0 Å². The van der Waals surface area contributed by atoms with E-state index < -0.39 is 10.1 Å². The number of hydrogen-bond donors (Lipinski definition) is 0. The molecular formula is C17H17Cl2NO3S. The Labute approximate surface area is 152 Å². The second kappa shape index (κ2) is 7.13. The summed E-state index contributed by atoms with van der Waals surface area (Å²) in [4.78, 5) is -0.217. The molecule has 0 heterocycles. The van der Waals surface area contributed by atoms with Crippen molar-refractivity contribution < 1.29 is 12.7 Å². The first-order chi connectivity index (χ1) is 11.1. The van der Waals surface area contributed by atoms with E-state index in [1.54, 1.807) is 6.92 Å². The summed E-state index contributed by atoms with van der Waals surface area (Å²) in [6, 6.07) is 8.13. The average Bonchev–Trinajstić information content (AvgIpc) is 2.46. The Kier molecular flexibility index (Phi) is 5.58. The van der Waals surface area contributed by atoms with Gasteiger partial charge in [0.05, 0.1) is 10.7 Å². The van der Waals surface area contributed by atoms with E-state index in [2.05, 4.69) is 5.16 Å². The van der Waals surface area contributed by atoms with Gasteiger partial charge in [-0.05, 0) is 57.0 Å². The lowest BCUT2D eigenvalue weighted by molar-refractivity contribution is 0.339. The third-order valence-corrected chi connectivity index (χ3v) is 5.30. The third kappa shape index (κ3) is 4.09. The Balaban J connectivity index is 2.38. The van der Waals surface area contributed by atoms with Crippen LogP contribution in [0.2, 0.25) is 10.0 Å². The monoisotopic (exact) mass is 385 g/mol. The van der Waals surface area contributed by atoms with Crippen LogP contribution in [0.1, 0.15) is 29.2 Å². The zero-order chi connectivity index (χ0) is 18.1. The molecule has 0 aliphatic heterocycles. The lowest BCUT2D eigenvalue weighted by atomic mass is 9.97. The van der Waals surface area contributed by atoms with Crippen LogP contribution < -0.4 is 0 Å². The number of rotatable bonds is 4. The third-order valence-electron chi connectivity index (χ3n) is 3.47. The van der Waals surface area contributed by atoms with E-state index >= 15 is 0 Å². The molecule has 0 bridgehead atoms. The number of oxime groups is 1. The van der Waals surface area contributed by atoms with Crippen molar-refractivity contribution in [2.45, 2.75) is 32.6 Å². The van der Waals surface area contributed by atoms with E-state index in [1.807, 2.05) is 32.9 Å². The van der Waals surface area contributed by atoms with Gasteiger partial charge in [0.2, 0.25) is 0 Å². The summed E-state index contributed by atoms with van der Waals surface area (Å²) >= 11 is 11.7. The predicted octanol–water partition coefficient (Wildman–Crippen LogP) is 5.05. The van der Waals surface area contributed by atoms with Crippen molar-refractivity contribution in [3.05, 3.63) is 62.6 Å². The van der Waals surface area contributed by atoms with Crippen LogP contribution in [-0.2, 0) is 14.4 Å². The number of halogens is 2. The molecule has 0 atom stereocenters. The van der Waals surface area contributed by atoms with E-state index in [4.69, 9.17) is 27.5 Å². The molecule has 128 valence electrons. The van der Waals surface area contributed by atoms with Gasteiger partial charge in [0.25, 0.3) is 0 Å². The van der Waals surface area contributed by atoms with Gasteiger partial charge in [-0.1, -0.05) is 46.1 Å². The molecule has 7 heteroatoms. The minimum atomic E-state index is -4.15. The Morgan fingerprint density at radius 1 is 1.04 bits per heavy atom. The number of hydrogen-bond acceptors (Lipinski definition) is 4. The van der Waals surface area contributed by atoms with E-state index in [0.29, 0.717) is 5.71 Å². The summed E-state index contributed by atoms with van der Waals surface area (Å²) in [6.07, 6.45) is 0. The van der Waals surface area contributed by atoms with Crippen LogP contribution in [0.3, 0.4) is 0 Å². The molecule has 2 aromatic carbocycles. The fourth-order valence-corrected chi connectivity index (χ4v) is 4.12. The number of nitrogens with zero attached hydrogens (tertiary/aromatic N) is 1. The largest absolute Gasteiger partial charge is 0.360 e. The summed E-state index contributed by atoms with van der Waals surface area (Å²) in [6.45, 7) is 7.57. The molecule has 0 fully saturated rings. The smallest absolute Gasteiger partial charge is 0.264 e. The lowest BCUT2D eigenvalue weighted by Crippen LogP contribution is -2.08. The van der Waals surface area contributed by atoms with Gasteiger partial charge in [-0.25, -0.2) is 0 Å². The van der Waals surface area contributed by atoms with Crippen molar-refractivity contribution in [2.24, 2.45) is 5.16 Å². The molecule has 2 rings (SSSR count). The standard InChI is InChI=1S/C17H17Cl2NO3S/c1-10-7-11(2)17(12(3)8-10)13(4)20-23-24(21,22)16-9-14(18)5-6-15(16)19/h5-9H,1-4H3/b20-13+. The van der Waals surface area contributed by atoms with E-state index in [-0.39, 0.29) is 14.9 Å². The maximum atomic E-state index is 12.3. The summed E-state index contributed by atoms with van der Waals surface area (Å²) in [5.74, 6) is 0. The molecule has 0 amide bonds. The molecular weight excluding hydrogens is 369 g/mol. The minimum absolute atomic E-state index is 0.0231. The van der Waals surface area contributed by atoms with Crippen molar-refractivity contribution >= 4 is 39.0 Å². The summed E-state index contributed by atoms with van der Waals surface area (Å²) in [5, 5.41) is 4.06. The Morgan fingerprint density at radius 3 is 2.21 bits per heavy atom.